The Morgan fingerprint density at radius 3 is 2.76 bits per heavy atom. The monoisotopic (exact) mass is 348 g/mol. The van der Waals surface area contributed by atoms with E-state index < -0.39 is 11.6 Å². The number of aromatic hydroxyl groups is 1. The van der Waals surface area contributed by atoms with Gasteiger partial charge in [0.2, 0.25) is 0 Å². The van der Waals surface area contributed by atoms with Gasteiger partial charge in [0.05, 0.1) is 5.56 Å². The summed E-state index contributed by atoms with van der Waals surface area (Å²) in [5.74, 6) is -1.17. The van der Waals surface area contributed by atoms with Crippen molar-refractivity contribution in [2.24, 2.45) is 0 Å². The lowest BCUT2D eigenvalue weighted by atomic mass is 10.0. The van der Waals surface area contributed by atoms with Crippen molar-refractivity contribution in [3.8, 4) is 17.0 Å². The number of rotatable bonds is 4. The molecule has 1 fully saturated rings. The van der Waals surface area contributed by atoms with Crippen molar-refractivity contribution in [3.05, 3.63) is 35.4 Å². The second-order valence-corrected chi connectivity index (χ2v) is 6.42. The molecule has 0 bridgehead atoms. The Balaban J connectivity index is 1.82. The Hall–Kier alpha value is -2.28. The average Bonchev–Trinajstić information content (AvgIpc) is 2.56. The molecule has 0 aliphatic carbocycles. The lowest BCUT2D eigenvalue weighted by Gasteiger charge is -2.32. The molecule has 7 heteroatoms. The van der Waals surface area contributed by atoms with Crippen molar-refractivity contribution in [2.45, 2.75) is 32.7 Å². The molecule has 0 unspecified atom stereocenters. The fraction of sp³-hybridized carbons (Fsp3) is 0.444. The Morgan fingerprint density at radius 2 is 2.08 bits per heavy atom. The minimum absolute atomic E-state index is 0.0839. The van der Waals surface area contributed by atoms with Crippen molar-refractivity contribution in [1.82, 2.24) is 15.1 Å². The number of aryl methyl sites for hydroxylation is 1. The number of hydrogen-bond donors (Lipinski definition) is 2. The first kappa shape index (κ1) is 17.5. The highest BCUT2D eigenvalue weighted by Crippen LogP contribution is 2.33. The zero-order chi connectivity index (χ0) is 18.0. The van der Waals surface area contributed by atoms with Crippen molar-refractivity contribution in [3.63, 3.8) is 0 Å². The first-order valence-corrected chi connectivity index (χ1v) is 8.49. The smallest absolute Gasteiger partial charge is 0.155 e. The Labute approximate surface area is 145 Å². The van der Waals surface area contributed by atoms with Crippen LogP contribution in [0.25, 0.3) is 11.3 Å². The van der Waals surface area contributed by atoms with Gasteiger partial charge in [-0.15, -0.1) is 10.2 Å². The van der Waals surface area contributed by atoms with Gasteiger partial charge in [0.15, 0.2) is 11.6 Å². The number of hydrogen-bond acceptors (Lipinski definition) is 5. The highest BCUT2D eigenvalue weighted by atomic mass is 19.1. The molecule has 1 saturated heterocycles. The standard InChI is InChI=1S/C18H22F2N4O/c1-3-24-6-4-5-13(10-24)21-16-9-14(20)18(23-22-16)17-11(2)7-12(19)8-15(17)25/h7-9,13,25H,3-6,10H2,1-2H3,(H,21,22)/t13-/m1/s1. The second kappa shape index (κ2) is 7.31. The van der Waals surface area contributed by atoms with E-state index in [9.17, 15) is 13.9 Å². The number of benzene rings is 1. The van der Waals surface area contributed by atoms with E-state index in [4.69, 9.17) is 0 Å². The molecule has 0 saturated carbocycles. The molecule has 0 spiro atoms. The Kier molecular flexibility index (Phi) is 5.13. The summed E-state index contributed by atoms with van der Waals surface area (Å²) < 4.78 is 27.8. The SMILES string of the molecule is CCN1CCC[C@@H](Nc2cc(F)c(-c3c(C)cc(F)cc3O)nn2)C1. The second-order valence-electron chi connectivity index (χ2n) is 6.42. The number of piperidine rings is 1. The van der Waals surface area contributed by atoms with Crippen LogP contribution in [-0.4, -0.2) is 45.9 Å². The summed E-state index contributed by atoms with van der Waals surface area (Å²) in [7, 11) is 0. The predicted molar refractivity (Wildman–Crippen MR) is 92.5 cm³/mol. The number of phenolic OH excluding ortho intramolecular Hbond substituents is 1. The lowest BCUT2D eigenvalue weighted by molar-refractivity contribution is 0.226. The van der Waals surface area contributed by atoms with E-state index in [-0.39, 0.29) is 23.0 Å². The topological polar surface area (TPSA) is 61.3 Å². The van der Waals surface area contributed by atoms with Gasteiger partial charge in [-0.2, -0.15) is 0 Å². The molecule has 1 aliphatic rings. The summed E-state index contributed by atoms with van der Waals surface area (Å²) in [6, 6.07) is 3.64. The zero-order valence-electron chi connectivity index (χ0n) is 14.4. The average molecular weight is 348 g/mol. The number of likely N-dealkylation sites (tertiary alicyclic amines) is 1. The molecule has 1 aromatic carbocycles. The minimum atomic E-state index is -0.606. The fourth-order valence-electron chi connectivity index (χ4n) is 3.31. The van der Waals surface area contributed by atoms with Crippen LogP contribution in [0, 0.1) is 18.6 Å². The molecule has 1 aromatic heterocycles. The first-order chi connectivity index (χ1) is 12.0. The predicted octanol–water partition coefficient (Wildman–Crippen LogP) is 3.33. The molecule has 2 aromatic rings. The normalized spacial score (nSPS) is 18.3. The number of phenols is 1. The molecule has 2 N–H and O–H groups in total. The maximum Gasteiger partial charge on any atom is 0.155 e. The molecule has 0 radical (unpaired) electrons. The quantitative estimate of drug-likeness (QED) is 0.887. The van der Waals surface area contributed by atoms with Crippen LogP contribution in [-0.2, 0) is 0 Å². The molecule has 25 heavy (non-hydrogen) atoms. The number of nitrogens with zero attached hydrogens (tertiary/aromatic N) is 3. The van der Waals surface area contributed by atoms with Gasteiger partial charge in [-0.3, -0.25) is 0 Å². The highest BCUT2D eigenvalue weighted by molar-refractivity contribution is 5.71. The highest BCUT2D eigenvalue weighted by Gasteiger charge is 2.21. The Bertz CT molecular complexity index is 746. The van der Waals surface area contributed by atoms with Crippen LogP contribution in [0.4, 0.5) is 14.6 Å². The number of aromatic nitrogens is 2. The van der Waals surface area contributed by atoms with E-state index in [0.29, 0.717) is 11.4 Å². The molecule has 5 nitrogen and oxygen atoms in total. The first-order valence-electron chi connectivity index (χ1n) is 8.49. The van der Waals surface area contributed by atoms with E-state index in [1.165, 1.54) is 12.1 Å². The molecule has 0 amide bonds. The third-order valence-electron chi connectivity index (χ3n) is 4.57. The van der Waals surface area contributed by atoms with Crippen LogP contribution in [0.3, 0.4) is 0 Å². The number of nitrogens with one attached hydrogen (secondary N) is 1. The van der Waals surface area contributed by atoms with Crippen molar-refractivity contribution < 1.29 is 13.9 Å². The van der Waals surface area contributed by atoms with Crippen LogP contribution < -0.4 is 5.32 Å². The third-order valence-corrected chi connectivity index (χ3v) is 4.57. The van der Waals surface area contributed by atoms with Gasteiger partial charge in [0, 0.05) is 24.7 Å². The van der Waals surface area contributed by atoms with E-state index >= 15 is 0 Å². The van der Waals surface area contributed by atoms with Gasteiger partial charge >= 0.3 is 0 Å². The summed E-state index contributed by atoms with van der Waals surface area (Å²) in [5.41, 5.74) is 0.476. The molecule has 134 valence electrons. The van der Waals surface area contributed by atoms with E-state index in [0.717, 1.165) is 38.5 Å². The summed E-state index contributed by atoms with van der Waals surface area (Å²) in [6.07, 6.45) is 2.08. The number of halogens is 2. The van der Waals surface area contributed by atoms with Crippen molar-refractivity contribution in [2.75, 3.05) is 25.0 Å². The number of likely N-dealkylation sites (N-methyl/N-ethyl adjacent to an activating group) is 1. The van der Waals surface area contributed by atoms with Gasteiger partial charge in [-0.05, 0) is 44.5 Å². The van der Waals surface area contributed by atoms with E-state index in [2.05, 4.69) is 27.3 Å². The third kappa shape index (κ3) is 3.87. The molecular weight excluding hydrogens is 326 g/mol. The summed E-state index contributed by atoms with van der Waals surface area (Å²) in [6.45, 7) is 6.66. The maximum absolute atomic E-state index is 14.5. The van der Waals surface area contributed by atoms with Crippen LogP contribution in [0.2, 0.25) is 0 Å². The summed E-state index contributed by atoms with van der Waals surface area (Å²) >= 11 is 0. The van der Waals surface area contributed by atoms with Gasteiger partial charge in [0.1, 0.15) is 17.3 Å². The van der Waals surface area contributed by atoms with Crippen LogP contribution in [0.15, 0.2) is 18.2 Å². The summed E-state index contributed by atoms with van der Waals surface area (Å²) in [4.78, 5) is 2.33. The largest absolute Gasteiger partial charge is 0.507 e. The zero-order valence-corrected chi connectivity index (χ0v) is 14.4. The minimum Gasteiger partial charge on any atom is -0.507 e. The van der Waals surface area contributed by atoms with Crippen molar-refractivity contribution >= 4 is 5.82 Å². The molecule has 1 atom stereocenters. The molecular formula is C18H22F2N4O. The van der Waals surface area contributed by atoms with E-state index in [1.54, 1.807) is 6.92 Å². The molecule has 2 heterocycles. The van der Waals surface area contributed by atoms with E-state index in [1.807, 2.05) is 0 Å². The Morgan fingerprint density at radius 1 is 1.28 bits per heavy atom. The maximum atomic E-state index is 14.5. The molecule has 3 rings (SSSR count). The fourth-order valence-corrected chi connectivity index (χ4v) is 3.31. The van der Waals surface area contributed by atoms with Gasteiger partial charge in [-0.1, -0.05) is 6.92 Å². The van der Waals surface area contributed by atoms with Gasteiger partial charge in [-0.25, -0.2) is 8.78 Å². The number of anilines is 1. The lowest BCUT2D eigenvalue weighted by Crippen LogP contribution is -2.42. The van der Waals surface area contributed by atoms with Gasteiger partial charge < -0.3 is 15.3 Å². The summed E-state index contributed by atoms with van der Waals surface area (Å²) in [5, 5.41) is 21.1. The van der Waals surface area contributed by atoms with Crippen molar-refractivity contribution in [1.29, 1.82) is 0 Å². The van der Waals surface area contributed by atoms with Gasteiger partial charge in [0.25, 0.3) is 0 Å². The van der Waals surface area contributed by atoms with Crippen LogP contribution in [0.1, 0.15) is 25.3 Å². The molecule has 1 aliphatic heterocycles. The van der Waals surface area contributed by atoms with Crippen LogP contribution >= 0.6 is 0 Å². The van der Waals surface area contributed by atoms with Crippen LogP contribution in [0.5, 0.6) is 5.75 Å².